The molecule has 0 spiro atoms. The molecule has 1 aromatic carbocycles. The zero-order valence-electron chi connectivity index (χ0n) is 14.2. The zero-order valence-corrected chi connectivity index (χ0v) is 14.2. The Balaban J connectivity index is 1.44. The van der Waals surface area contributed by atoms with Gasteiger partial charge in [0.2, 0.25) is 5.91 Å². The van der Waals surface area contributed by atoms with Gasteiger partial charge in [0.25, 0.3) is 0 Å². The molecule has 1 N–H and O–H groups in total. The van der Waals surface area contributed by atoms with Crippen LogP contribution in [-0.4, -0.2) is 37.6 Å². The topological polar surface area (TPSA) is 88.8 Å². The minimum Gasteiger partial charge on any atom is -0.352 e. The van der Waals surface area contributed by atoms with Crippen LogP contribution >= 0.6 is 0 Å². The summed E-state index contributed by atoms with van der Waals surface area (Å²) in [5.74, 6) is 0.779. The van der Waals surface area contributed by atoms with E-state index in [1.54, 1.807) is 6.20 Å². The van der Waals surface area contributed by atoms with E-state index in [0.717, 1.165) is 30.9 Å². The van der Waals surface area contributed by atoms with E-state index in [4.69, 9.17) is 0 Å². The summed E-state index contributed by atoms with van der Waals surface area (Å²) < 4.78 is 1.39. The third kappa shape index (κ3) is 3.53. The summed E-state index contributed by atoms with van der Waals surface area (Å²) >= 11 is 0. The maximum absolute atomic E-state index is 12.1. The fraction of sp³-hybridized carbons (Fsp3) is 0.278. The van der Waals surface area contributed by atoms with Gasteiger partial charge in [-0.15, -0.1) is 5.10 Å². The molecule has 8 heteroatoms. The molecule has 0 bridgehead atoms. The molecule has 0 aliphatic carbocycles. The molecule has 8 nitrogen and oxygen atoms in total. The number of benzene rings is 1. The number of nitrogens with zero attached hydrogens (tertiary/aromatic N) is 6. The standard InChI is InChI=1S/C18H19N7O/c26-17(12-25-13-21-22-23-25)20-10-15-6-3-8-19-18(15)24-9-7-14-4-1-2-5-16(14)11-24/h1-6,8,13H,7,9-12H2,(H,20,26). The second-order valence-electron chi connectivity index (χ2n) is 6.21. The highest BCUT2D eigenvalue weighted by atomic mass is 16.2. The van der Waals surface area contributed by atoms with Crippen LogP contribution in [0, 0.1) is 0 Å². The highest BCUT2D eigenvalue weighted by Gasteiger charge is 2.19. The number of anilines is 1. The van der Waals surface area contributed by atoms with Crippen LogP contribution in [0.4, 0.5) is 5.82 Å². The first-order chi connectivity index (χ1) is 12.8. The maximum atomic E-state index is 12.1. The Labute approximate surface area is 150 Å². The minimum absolute atomic E-state index is 0.0969. The first kappa shape index (κ1) is 16.2. The van der Waals surface area contributed by atoms with E-state index in [0.29, 0.717) is 6.54 Å². The highest BCUT2D eigenvalue weighted by molar-refractivity contribution is 5.75. The van der Waals surface area contributed by atoms with E-state index in [9.17, 15) is 4.79 Å². The Morgan fingerprint density at radius 3 is 2.88 bits per heavy atom. The lowest BCUT2D eigenvalue weighted by molar-refractivity contribution is -0.122. The van der Waals surface area contributed by atoms with Crippen LogP contribution in [0.25, 0.3) is 0 Å². The molecule has 0 saturated heterocycles. The summed E-state index contributed by atoms with van der Waals surface area (Å²) in [7, 11) is 0. The van der Waals surface area contributed by atoms with Crippen molar-refractivity contribution in [3.05, 3.63) is 65.6 Å². The predicted octanol–water partition coefficient (Wildman–Crippen LogP) is 0.947. The normalized spacial score (nSPS) is 13.3. The molecule has 3 aromatic rings. The quantitative estimate of drug-likeness (QED) is 0.738. The van der Waals surface area contributed by atoms with Crippen molar-refractivity contribution in [1.29, 1.82) is 0 Å². The Hall–Kier alpha value is -3.29. The van der Waals surface area contributed by atoms with Gasteiger partial charge in [-0.3, -0.25) is 4.79 Å². The summed E-state index contributed by atoms with van der Waals surface area (Å²) in [4.78, 5) is 18.9. The summed E-state index contributed by atoms with van der Waals surface area (Å²) in [5, 5.41) is 13.7. The van der Waals surface area contributed by atoms with Gasteiger partial charge in [0, 0.05) is 31.4 Å². The first-order valence-corrected chi connectivity index (χ1v) is 8.53. The van der Waals surface area contributed by atoms with Crippen molar-refractivity contribution in [1.82, 2.24) is 30.5 Å². The van der Waals surface area contributed by atoms with Gasteiger partial charge in [0.1, 0.15) is 18.7 Å². The third-order valence-electron chi connectivity index (χ3n) is 4.47. The van der Waals surface area contributed by atoms with Crippen molar-refractivity contribution in [2.75, 3.05) is 11.4 Å². The van der Waals surface area contributed by atoms with Crippen LogP contribution in [0.3, 0.4) is 0 Å². The molecule has 3 heterocycles. The number of aromatic nitrogens is 5. The molecule has 4 rings (SSSR count). The molecular formula is C18H19N7O. The van der Waals surface area contributed by atoms with E-state index in [1.807, 2.05) is 12.1 Å². The number of carbonyl (C=O) groups excluding carboxylic acids is 1. The van der Waals surface area contributed by atoms with Gasteiger partial charge in [-0.2, -0.15) is 0 Å². The number of nitrogens with one attached hydrogen (secondary N) is 1. The van der Waals surface area contributed by atoms with Crippen molar-refractivity contribution in [2.45, 2.75) is 26.1 Å². The molecule has 1 aliphatic heterocycles. The molecule has 0 atom stereocenters. The molecule has 26 heavy (non-hydrogen) atoms. The second kappa shape index (κ2) is 7.30. The first-order valence-electron chi connectivity index (χ1n) is 8.53. The Morgan fingerprint density at radius 1 is 1.15 bits per heavy atom. The summed E-state index contributed by atoms with van der Waals surface area (Å²) in [5.41, 5.74) is 3.73. The SMILES string of the molecule is O=C(Cn1cnnn1)NCc1cccnc1N1CCc2ccccc2C1. The van der Waals surface area contributed by atoms with Crippen LogP contribution in [0.15, 0.2) is 48.9 Å². The van der Waals surface area contributed by atoms with Crippen LogP contribution < -0.4 is 10.2 Å². The largest absolute Gasteiger partial charge is 0.352 e. The van der Waals surface area contributed by atoms with E-state index in [-0.39, 0.29) is 12.5 Å². The number of fused-ring (bicyclic) bond motifs is 1. The average molecular weight is 349 g/mol. The number of tetrazole rings is 1. The number of hydrogen-bond acceptors (Lipinski definition) is 6. The van der Waals surface area contributed by atoms with Gasteiger partial charge in [-0.1, -0.05) is 30.3 Å². The second-order valence-corrected chi connectivity index (χ2v) is 6.21. The number of amides is 1. The summed E-state index contributed by atoms with van der Waals surface area (Å²) in [6.07, 6.45) is 4.21. The van der Waals surface area contributed by atoms with E-state index >= 15 is 0 Å². The molecule has 0 radical (unpaired) electrons. The van der Waals surface area contributed by atoms with Gasteiger partial charge < -0.3 is 10.2 Å². The lowest BCUT2D eigenvalue weighted by atomic mass is 9.99. The smallest absolute Gasteiger partial charge is 0.242 e. The lowest BCUT2D eigenvalue weighted by Gasteiger charge is -2.31. The van der Waals surface area contributed by atoms with Crippen molar-refractivity contribution in [3.63, 3.8) is 0 Å². The summed E-state index contributed by atoms with van der Waals surface area (Å²) in [6.45, 7) is 2.26. The third-order valence-corrected chi connectivity index (χ3v) is 4.47. The van der Waals surface area contributed by atoms with Crippen LogP contribution in [0.2, 0.25) is 0 Å². The van der Waals surface area contributed by atoms with E-state index in [2.05, 4.69) is 55.0 Å². The molecular weight excluding hydrogens is 330 g/mol. The van der Waals surface area contributed by atoms with Gasteiger partial charge in [0.05, 0.1) is 0 Å². The Kier molecular flexibility index (Phi) is 4.55. The number of pyridine rings is 1. The average Bonchev–Trinajstić information content (AvgIpc) is 3.19. The Morgan fingerprint density at radius 2 is 2.04 bits per heavy atom. The van der Waals surface area contributed by atoms with Crippen molar-refractivity contribution in [2.24, 2.45) is 0 Å². The monoisotopic (exact) mass is 349 g/mol. The van der Waals surface area contributed by atoms with E-state index < -0.39 is 0 Å². The number of carbonyl (C=O) groups is 1. The molecule has 1 amide bonds. The molecule has 0 saturated carbocycles. The molecule has 0 unspecified atom stereocenters. The van der Waals surface area contributed by atoms with Crippen molar-refractivity contribution >= 4 is 11.7 Å². The van der Waals surface area contributed by atoms with Gasteiger partial charge in [-0.05, 0) is 34.0 Å². The van der Waals surface area contributed by atoms with Gasteiger partial charge >= 0.3 is 0 Å². The highest BCUT2D eigenvalue weighted by Crippen LogP contribution is 2.25. The molecule has 2 aromatic heterocycles. The fourth-order valence-corrected chi connectivity index (χ4v) is 3.18. The van der Waals surface area contributed by atoms with Crippen LogP contribution in [0.5, 0.6) is 0 Å². The zero-order chi connectivity index (χ0) is 17.8. The molecule has 0 fully saturated rings. The predicted molar refractivity (Wildman–Crippen MR) is 95.1 cm³/mol. The van der Waals surface area contributed by atoms with Crippen molar-refractivity contribution < 1.29 is 4.79 Å². The molecule has 132 valence electrons. The van der Waals surface area contributed by atoms with Crippen LogP contribution in [0.1, 0.15) is 16.7 Å². The Bertz CT molecular complexity index is 894. The fourth-order valence-electron chi connectivity index (χ4n) is 3.18. The van der Waals surface area contributed by atoms with E-state index in [1.165, 1.54) is 22.1 Å². The number of rotatable bonds is 5. The number of hydrogen-bond donors (Lipinski definition) is 1. The van der Waals surface area contributed by atoms with Crippen molar-refractivity contribution in [3.8, 4) is 0 Å². The van der Waals surface area contributed by atoms with Crippen LogP contribution in [-0.2, 0) is 30.8 Å². The summed E-state index contributed by atoms with van der Waals surface area (Å²) in [6, 6.07) is 12.4. The maximum Gasteiger partial charge on any atom is 0.242 e. The minimum atomic E-state index is -0.143. The van der Waals surface area contributed by atoms with Gasteiger partial charge in [-0.25, -0.2) is 9.67 Å². The van der Waals surface area contributed by atoms with Gasteiger partial charge in [0.15, 0.2) is 0 Å². The lowest BCUT2D eigenvalue weighted by Crippen LogP contribution is -2.33. The molecule has 1 aliphatic rings.